The van der Waals surface area contributed by atoms with Gasteiger partial charge in [-0.3, -0.25) is 4.79 Å². The quantitative estimate of drug-likeness (QED) is 0.493. The lowest BCUT2D eigenvalue weighted by Crippen LogP contribution is -2.35. The van der Waals surface area contributed by atoms with E-state index in [1.54, 1.807) is 12.1 Å². The van der Waals surface area contributed by atoms with Gasteiger partial charge in [-0.25, -0.2) is 10.9 Å². The molecule has 0 spiro atoms. The van der Waals surface area contributed by atoms with Gasteiger partial charge in [-0.05, 0) is 35.9 Å². The van der Waals surface area contributed by atoms with Crippen LogP contribution < -0.4 is 27.2 Å². The topological polar surface area (TPSA) is 77.2 Å². The Morgan fingerprint density at radius 3 is 1.86 bits per heavy atom. The number of nitrogens with one attached hydrogen (secondary N) is 5. The van der Waals surface area contributed by atoms with E-state index in [9.17, 15) is 31.1 Å². The second-order valence-corrected chi connectivity index (χ2v) is 6.24. The summed E-state index contributed by atoms with van der Waals surface area (Å²) < 4.78 is 77.5. The highest BCUT2D eigenvalue weighted by molar-refractivity contribution is 6.04. The highest BCUT2D eigenvalue weighted by Gasteiger charge is 2.37. The molecule has 0 unspecified atom stereocenters. The standard InChI is InChI=1S/C17H15F6N5O/c18-16(19,20)11-6-10(7-12(8-11)17(21,22)23)15(29)24-13-3-1-9(2-4-13)5-14-25-27-28-26-14/h1-4,6-8,14,25-28H,5H2,(H,24,29). The molecule has 5 N–H and O–H groups in total. The third-order valence-electron chi connectivity index (χ3n) is 4.06. The molecule has 2 aromatic rings. The van der Waals surface area contributed by atoms with E-state index < -0.39 is 35.0 Å². The largest absolute Gasteiger partial charge is 0.416 e. The molecule has 1 fully saturated rings. The number of benzene rings is 2. The molecule has 156 valence electrons. The van der Waals surface area contributed by atoms with Crippen LogP contribution in [0.4, 0.5) is 32.0 Å². The first kappa shape index (κ1) is 21.0. The second kappa shape index (κ2) is 7.99. The third kappa shape index (κ3) is 5.44. The molecule has 0 saturated carbocycles. The molecular weight excluding hydrogens is 404 g/mol. The number of rotatable bonds is 4. The zero-order valence-electron chi connectivity index (χ0n) is 14.5. The summed E-state index contributed by atoms with van der Waals surface area (Å²) in [5.74, 6) is -1.08. The molecule has 0 aromatic heterocycles. The number of halogens is 6. The lowest BCUT2D eigenvalue weighted by Gasteiger charge is -2.14. The van der Waals surface area contributed by atoms with Gasteiger partial charge in [0.2, 0.25) is 0 Å². The molecule has 2 aromatic carbocycles. The summed E-state index contributed by atoms with van der Waals surface area (Å²) in [6, 6.07) is 7.09. The number of hydrogen-bond donors (Lipinski definition) is 5. The number of hydrogen-bond acceptors (Lipinski definition) is 5. The van der Waals surface area contributed by atoms with Gasteiger partial charge < -0.3 is 5.32 Å². The molecule has 1 aliphatic heterocycles. The number of carbonyl (C=O) groups excluding carboxylic acids is 1. The molecule has 0 radical (unpaired) electrons. The van der Waals surface area contributed by atoms with Crippen LogP contribution in [0.3, 0.4) is 0 Å². The maximum Gasteiger partial charge on any atom is 0.416 e. The van der Waals surface area contributed by atoms with Crippen molar-refractivity contribution in [3.05, 3.63) is 64.7 Å². The van der Waals surface area contributed by atoms with Crippen LogP contribution in [0.1, 0.15) is 27.0 Å². The summed E-state index contributed by atoms with van der Waals surface area (Å²) in [5, 5.41) is 2.31. The van der Waals surface area contributed by atoms with Crippen LogP contribution in [-0.4, -0.2) is 12.1 Å². The average molecular weight is 419 g/mol. The lowest BCUT2D eigenvalue weighted by molar-refractivity contribution is -0.143. The number of alkyl halides is 6. The van der Waals surface area contributed by atoms with E-state index in [0.29, 0.717) is 18.6 Å². The van der Waals surface area contributed by atoms with Crippen molar-refractivity contribution in [2.24, 2.45) is 0 Å². The summed E-state index contributed by atoms with van der Waals surface area (Å²) in [7, 11) is 0. The van der Waals surface area contributed by atoms with E-state index >= 15 is 0 Å². The summed E-state index contributed by atoms with van der Waals surface area (Å²) in [5.41, 5.74) is 8.33. The minimum absolute atomic E-state index is 0.0274. The molecule has 0 bridgehead atoms. The smallest absolute Gasteiger partial charge is 0.322 e. The van der Waals surface area contributed by atoms with Crippen LogP contribution in [0, 0.1) is 0 Å². The van der Waals surface area contributed by atoms with Crippen molar-refractivity contribution in [2.45, 2.75) is 24.9 Å². The summed E-state index contributed by atoms with van der Waals surface area (Å²) >= 11 is 0. The van der Waals surface area contributed by atoms with Crippen LogP contribution in [0.5, 0.6) is 0 Å². The molecule has 0 atom stereocenters. The molecule has 1 saturated heterocycles. The first-order valence-corrected chi connectivity index (χ1v) is 8.23. The first-order valence-electron chi connectivity index (χ1n) is 8.23. The van der Waals surface area contributed by atoms with E-state index in [1.807, 2.05) is 0 Å². The summed E-state index contributed by atoms with van der Waals surface area (Å²) in [6.45, 7) is 0. The van der Waals surface area contributed by atoms with E-state index in [0.717, 1.165) is 5.56 Å². The van der Waals surface area contributed by atoms with Crippen LogP contribution in [0.25, 0.3) is 0 Å². The first-order chi connectivity index (χ1) is 13.5. The normalized spacial score (nSPS) is 15.5. The predicted molar refractivity (Wildman–Crippen MR) is 90.9 cm³/mol. The molecule has 1 heterocycles. The SMILES string of the molecule is O=C(Nc1ccc(CC2NNNN2)cc1)c1cc(C(F)(F)F)cc(C(F)(F)F)c1. The molecule has 3 rings (SSSR count). The van der Waals surface area contributed by atoms with Gasteiger partial charge in [-0.1, -0.05) is 12.1 Å². The number of amides is 1. The highest BCUT2D eigenvalue weighted by atomic mass is 19.4. The van der Waals surface area contributed by atoms with Gasteiger partial charge in [0.25, 0.3) is 5.91 Å². The van der Waals surface area contributed by atoms with Gasteiger partial charge in [0, 0.05) is 17.7 Å². The van der Waals surface area contributed by atoms with Crippen molar-refractivity contribution in [1.82, 2.24) is 21.9 Å². The van der Waals surface area contributed by atoms with Gasteiger partial charge in [0.05, 0.1) is 17.3 Å². The Morgan fingerprint density at radius 1 is 0.862 bits per heavy atom. The van der Waals surface area contributed by atoms with Crippen molar-refractivity contribution < 1.29 is 31.1 Å². The van der Waals surface area contributed by atoms with Crippen LogP contribution in [0.2, 0.25) is 0 Å². The molecule has 1 aliphatic rings. The summed E-state index contributed by atoms with van der Waals surface area (Å²) in [4.78, 5) is 12.3. The van der Waals surface area contributed by atoms with Gasteiger partial charge in [-0.15, -0.1) is 0 Å². The minimum Gasteiger partial charge on any atom is -0.322 e. The van der Waals surface area contributed by atoms with E-state index in [1.165, 1.54) is 12.1 Å². The van der Waals surface area contributed by atoms with Gasteiger partial charge in [-0.2, -0.15) is 37.4 Å². The Hall–Kier alpha value is -2.67. The van der Waals surface area contributed by atoms with Gasteiger partial charge >= 0.3 is 12.4 Å². The molecule has 29 heavy (non-hydrogen) atoms. The summed E-state index contributed by atoms with van der Waals surface area (Å²) in [6.07, 6.45) is -9.58. The van der Waals surface area contributed by atoms with Crippen molar-refractivity contribution in [1.29, 1.82) is 0 Å². The molecular formula is C17H15F6N5O. The Kier molecular flexibility index (Phi) is 5.80. The zero-order chi connectivity index (χ0) is 21.2. The molecule has 0 aliphatic carbocycles. The predicted octanol–water partition coefficient (Wildman–Crippen LogP) is 2.96. The fraction of sp³-hybridized carbons (Fsp3) is 0.235. The maximum absolute atomic E-state index is 12.9. The van der Waals surface area contributed by atoms with E-state index in [4.69, 9.17) is 0 Å². The lowest BCUT2D eigenvalue weighted by atomic mass is 10.0. The second-order valence-electron chi connectivity index (χ2n) is 6.24. The monoisotopic (exact) mass is 419 g/mol. The fourth-order valence-electron chi connectivity index (χ4n) is 2.63. The molecule has 6 nitrogen and oxygen atoms in total. The van der Waals surface area contributed by atoms with Crippen molar-refractivity contribution >= 4 is 11.6 Å². The van der Waals surface area contributed by atoms with E-state index in [2.05, 4.69) is 27.2 Å². The van der Waals surface area contributed by atoms with Crippen LogP contribution >= 0.6 is 0 Å². The number of carbonyl (C=O) groups is 1. The minimum atomic E-state index is -5.02. The van der Waals surface area contributed by atoms with Gasteiger partial charge in [0.1, 0.15) is 0 Å². The van der Waals surface area contributed by atoms with Crippen LogP contribution in [0.15, 0.2) is 42.5 Å². The molecule has 12 heteroatoms. The fourth-order valence-corrected chi connectivity index (χ4v) is 2.63. The zero-order valence-corrected chi connectivity index (χ0v) is 14.5. The highest BCUT2D eigenvalue weighted by Crippen LogP contribution is 2.36. The van der Waals surface area contributed by atoms with Crippen molar-refractivity contribution in [3.63, 3.8) is 0 Å². The Balaban J connectivity index is 1.77. The van der Waals surface area contributed by atoms with Gasteiger partial charge in [0.15, 0.2) is 0 Å². The number of anilines is 1. The Morgan fingerprint density at radius 2 is 1.38 bits per heavy atom. The Bertz CT molecular complexity index is 843. The third-order valence-corrected chi connectivity index (χ3v) is 4.06. The molecule has 1 amide bonds. The number of hydrazine groups is 3. The maximum atomic E-state index is 12.9. The van der Waals surface area contributed by atoms with E-state index in [-0.39, 0.29) is 17.9 Å². The Labute approximate surface area is 160 Å². The van der Waals surface area contributed by atoms with Crippen LogP contribution in [-0.2, 0) is 18.8 Å². The van der Waals surface area contributed by atoms with Crippen molar-refractivity contribution in [3.8, 4) is 0 Å². The average Bonchev–Trinajstić information content (AvgIpc) is 3.14. The van der Waals surface area contributed by atoms with Crippen molar-refractivity contribution in [2.75, 3.05) is 5.32 Å².